The topological polar surface area (TPSA) is 58.5 Å². The molecule has 0 radical (unpaired) electrons. The largest absolute Gasteiger partial charge is 0.380 e. The summed E-state index contributed by atoms with van der Waals surface area (Å²) in [5.74, 6) is 0.804. The molecular formula is C13H22N4O. The third-order valence-electron chi connectivity index (χ3n) is 2.40. The van der Waals surface area contributed by atoms with Crippen molar-refractivity contribution in [1.82, 2.24) is 15.6 Å². The smallest absolute Gasteiger partial charge is 0.191 e. The van der Waals surface area contributed by atoms with E-state index in [1.54, 1.807) is 13.2 Å². The first-order valence-corrected chi connectivity index (χ1v) is 6.28. The Bertz CT molecular complexity index is 340. The van der Waals surface area contributed by atoms with E-state index in [0.717, 1.165) is 32.1 Å². The van der Waals surface area contributed by atoms with Crippen molar-refractivity contribution >= 4 is 5.96 Å². The third-order valence-corrected chi connectivity index (χ3v) is 2.40. The third kappa shape index (κ3) is 6.20. The first kappa shape index (κ1) is 14.4. The standard InChI is InChI=1S/C13H22N4O/c1-3-18-10-9-17-13(14-2)16-8-6-12-5-4-7-15-11-12/h4-5,7,11H,3,6,8-10H2,1-2H3,(H2,14,16,17). The second-order valence-corrected chi connectivity index (χ2v) is 3.73. The van der Waals surface area contributed by atoms with Gasteiger partial charge in [0.15, 0.2) is 5.96 Å². The summed E-state index contributed by atoms with van der Waals surface area (Å²) in [4.78, 5) is 8.22. The molecule has 0 aromatic carbocycles. The molecule has 1 rings (SSSR count). The molecule has 0 spiro atoms. The number of pyridine rings is 1. The Morgan fingerprint density at radius 2 is 2.22 bits per heavy atom. The van der Waals surface area contributed by atoms with Crippen LogP contribution in [0.2, 0.25) is 0 Å². The lowest BCUT2D eigenvalue weighted by Gasteiger charge is -2.11. The van der Waals surface area contributed by atoms with Gasteiger partial charge in [0, 0.05) is 39.1 Å². The summed E-state index contributed by atoms with van der Waals surface area (Å²) >= 11 is 0. The fraction of sp³-hybridized carbons (Fsp3) is 0.538. The highest BCUT2D eigenvalue weighted by atomic mass is 16.5. The Kier molecular flexibility index (Phi) is 7.55. The number of nitrogens with one attached hydrogen (secondary N) is 2. The van der Waals surface area contributed by atoms with E-state index in [0.29, 0.717) is 6.61 Å². The second-order valence-electron chi connectivity index (χ2n) is 3.73. The monoisotopic (exact) mass is 250 g/mol. The minimum atomic E-state index is 0.694. The van der Waals surface area contributed by atoms with Crippen LogP contribution in [0.25, 0.3) is 0 Å². The molecule has 0 saturated carbocycles. The van der Waals surface area contributed by atoms with Crippen molar-refractivity contribution in [2.45, 2.75) is 13.3 Å². The number of nitrogens with zero attached hydrogens (tertiary/aromatic N) is 2. The van der Waals surface area contributed by atoms with E-state index in [9.17, 15) is 0 Å². The Morgan fingerprint density at radius 1 is 1.39 bits per heavy atom. The van der Waals surface area contributed by atoms with Gasteiger partial charge in [-0.3, -0.25) is 9.98 Å². The van der Waals surface area contributed by atoms with Crippen LogP contribution in [0.5, 0.6) is 0 Å². The van der Waals surface area contributed by atoms with Gasteiger partial charge in [-0.05, 0) is 25.0 Å². The molecule has 1 aromatic rings. The van der Waals surface area contributed by atoms with E-state index in [-0.39, 0.29) is 0 Å². The molecule has 0 fully saturated rings. The Balaban J connectivity index is 2.16. The van der Waals surface area contributed by atoms with Gasteiger partial charge in [0.25, 0.3) is 0 Å². The highest BCUT2D eigenvalue weighted by molar-refractivity contribution is 5.79. The van der Waals surface area contributed by atoms with Gasteiger partial charge >= 0.3 is 0 Å². The van der Waals surface area contributed by atoms with Gasteiger partial charge in [-0.15, -0.1) is 0 Å². The average Bonchev–Trinajstić information content (AvgIpc) is 2.42. The molecule has 0 aliphatic heterocycles. The number of aromatic nitrogens is 1. The fourth-order valence-corrected chi connectivity index (χ4v) is 1.48. The van der Waals surface area contributed by atoms with Gasteiger partial charge in [-0.1, -0.05) is 6.07 Å². The zero-order valence-corrected chi connectivity index (χ0v) is 11.1. The number of hydrogen-bond acceptors (Lipinski definition) is 3. The molecule has 5 heteroatoms. The van der Waals surface area contributed by atoms with Crippen molar-refractivity contribution in [1.29, 1.82) is 0 Å². The maximum absolute atomic E-state index is 5.25. The van der Waals surface area contributed by atoms with Crippen LogP contribution >= 0.6 is 0 Å². The van der Waals surface area contributed by atoms with Crippen LogP contribution in [0.15, 0.2) is 29.5 Å². The normalized spacial score (nSPS) is 11.3. The SMILES string of the molecule is CCOCCNC(=NC)NCCc1cccnc1. The van der Waals surface area contributed by atoms with Crippen molar-refractivity contribution in [2.75, 3.05) is 33.4 Å². The summed E-state index contributed by atoms with van der Waals surface area (Å²) in [7, 11) is 1.76. The highest BCUT2D eigenvalue weighted by Gasteiger charge is 1.97. The molecular weight excluding hydrogens is 228 g/mol. The lowest BCUT2D eigenvalue weighted by molar-refractivity contribution is 0.152. The van der Waals surface area contributed by atoms with Crippen LogP contribution in [0.3, 0.4) is 0 Å². The molecule has 100 valence electrons. The predicted octanol–water partition coefficient (Wildman–Crippen LogP) is 0.826. The van der Waals surface area contributed by atoms with Crippen LogP contribution in [-0.2, 0) is 11.2 Å². The van der Waals surface area contributed by atoms with Crippen LogP contribution in [0, 0.1) is 0 Å². The van der Waals surface area contributed by atoms with Gasteiger partial charge in [-0.25, -0.2) is 0 Å². The molecule has 0 aliphatic rings. The number of ether oxygens (including phenoxy) is 1. The molecule has 0 saturated heterocycles. The number of rotatable bonds is 7. The molecule has 0 aliphatic carbocycles. The van der Waals surface area contributed by atoms with E-state index in [1.807, 2.05) is 19.2 Å². The van der Waals surface area contributed by atoms with Crippen molar-refractivity contribution in [3.8, 4) is 0 Å². The lowest BCUT2D eigenvalue weighted by atomic mass is 10.2. The van der Waals surface area contributed by atoms with E-state index in [1.165, 1.54) is 5.56 Å². The number of guanidine groups is 1. The van der Waals surface area contributed by atoms with Gasteiger partial charge in [0.05, 0.1) is 6.61 Å². The molecule has 5 nitrogen and oxygen atoms in total. The molecule has 0 bridgehead atoms. The predicted molar refractivity (Wildman–Crippen MR) is 73.8 cm³/mol. The van der Waals surface area contributed by atoms with Crippen LogP contribution in [0.4, 0.5) is 0 Å². The van der Waals surface area contributed by atoms with Gasteiger partial charge in [-0.2, -0.15) is 0 Å². The van der Waals surface area contributed by atoms with Crippen molar-refractivity contribution in [3.05, 3.63) is 30.1 Å². The maximum atomic E-state index is 5.25. The van der Waals surface area contributed by atoms with Crippen molar-refractivity contribution < 1.29 is 4.74 Å². The minimum Gasteiger partial charge on any atom is -0.380 e. The maximum Gasteiger partial charge on any atom is 0.191 e. The molecule has 0 atom stereocenters. The summed E-state index contributed by atoms with van der Waals surface area (Å²) in [5.41, 5.74) is 1.22. The Morgan fingerprint density at radius 3 is 2.89 bits per heavy atom. The molecule has 0 unspecified atom stereocenters. The van der Waals surface area contributed by atoms with Crippen LogP contribution in [0.1, 0.15) is 12.5 Å². The Labute approximate surface area is 109 Å². The highest BCUT2D eigenvalue weighted by Crippen LogP contribution is 1.95. The fourth-order valence-electron chi connectivity index (χ4n) is 1.48. The lowest BCUT2D eigenvalue weighted by Crippen LogP contribution is -2.39. The zero-order valence-electron chi connectivity index (χ0n) is 11.1. The van der Waals surface area contributed by atoms with Crippen molar-refractivity contribution in [2.24, 2.45) is 4.99 Å². The molecule has 1 heterocycles. The average molecular weight is 250 g/mol. The number of hydrogen-bond donors (Lipinski definition) is 2. The van der Waals surface area contributed by atoms with E-state index in [4.69, 9.17) is 4.74 Å². The quantitative estimate of drug-likeness (QED) is 0.427. The Hall–Kier alpha value is -1.62. The van der Waals surface area contributed by atoms with Crippen LogP contribution < -0.4 is 10.6 Å². The number of aliphatic imine (C=N–C) groups is 1. The first-order valence-electron chi connectivity index (χ1n) is 6.28. The van der Waals surface area contributed by atoms with E-state index in [2.05, 4.69) is 26.7 Å². The van der Waals surface area contributed by atoms with E-state index >= 15 is 0 Å². The first-order chi connectivity index (χ1) is 8.86. The summed E-state index contributed by atoms with van der Waals surface area (Å²) in [6.07, 6.45) is 4.60. The second kappa shape index (κ2) is 9.41. The minimum absolute atomic E-state index is 0.694. The van der Waals surface area contributed by atoms with Crippen molar-refractivity contribution in [3.63, 3.8) is 0 Å². The molecule has 2 N–H and O–H groups in total. The summed E-state index contributed by atoms with van der Waals surface area (Å²) in [6, 6.07) is 4.02. The van der Waals surface area contributed by atoms with Gasteiger partial charge < -0.3 is 15.4 Å². The summed E-state index contributed by atoms with van der Waals surface area (Å²) < 4.78 is 5.25. The van der Waals surface area contributed by atoms with E-state index < -0.39 is 0 Å². The zero-order chi connectivity index (χ0) is 13.1. The van der Waals surface area contributed by atoms with Crippen LogP contribution in [-0.4, -0.2) is 44.3 Å². The molecule has 1 aromatic heterocycles. The summed E-state index contributed by atoms with van der Waals surface area (Å²) in [5, 5.41) is 6.44. The van der Waals surface area contributed by atoms with Gasteiger partial charge in [0.2, 0.25) is 0 Å². The molecule has 18 heavy (non-hydrogen) atoms. The summed E-state index contributed by atoms with van der Waals surface area (Å²) in [6.45, 7) is 5.02. The van der Waals surface area contributed by atoms with Gasteiger partial charge in [0.1, 0.15) is 0 Å². The molecule has 0 amide bonds.